The van der Waals surface area contributed by atoms with Crippen LogP contribution in [0.15, 0.2) is 36.5 Å². The van der Waals surface area contributed by atoms with Crippen molar-refractivity contribution >= 4 is 11.9 Å². The van der Waals surface area contributed by atoms with Crippen LogP contribution in [0.1, 0.15) is 316 Å². The average molecular weight is 943 g/mol. The Bertz CT molecular complexity index is 1090. The molecule has 6 nitrogen and oxygen atoms in total. The Morgan fingerprint density at radius 3 is 1.13 bits per heavy atom. The van der Waals surface area contributed by atoms with Gasteiger partial charge in [-0.1, -0.05) is 269 Å². The van der Waals surface area contributed by atoms with Crippen molar-refractivity contribution in [1.82, 2.24) is 5.32 Å². The maximum absolute atomic E-state index is 12.5. The zero-order valence-corrected chi connectivity index (χ0v) is 44.9. The number of allylic oxidation sites excluding steroid dienone is 5. The minimum atomic E-state index is -0.855. The number of carbonyl (C=O) groups is 2. The molecule has 0 aliphatic carbocycles. The van der Waals surface area contributed by atoms with Crippen molar-refractivity contribution in [1.29, 1.82) is 0 Å². The maximum atomic E-state index is 12.5. The first-order chi connectivity index (χ1) is 33.0. The number of nitrogens with one attached hydrogen (secondary N) is 1. The standard InChI is InChI=1S/C61H115NO5/c1-3-5-7-9-11-13-15-17-19-20-22-26-29-33-37-41-45-49-53-59(64)58(57-63)62-60(65)54-50-46-42-38-34-30-27-23-21-24-28-32-36-40-44-48-52-56-67-61(66)55-51-47-43-39-35-31-25-18-16-14-12-10-8-6-4-2/h21,24,32,36,49,53,58-59,63-64H,3-20,22-23,25-31,33-35,37-48,50-52,54-57H2,1-2H3,(H,62,65)/b24-21-,36-32-,53-49+. The molecule has 0 aromatic heterocycles. The van der Waals surface area contributed by atoms with Gasteiger partial charge in [0, 0.05) is 12.8 Å². The van der Waals surface area contributed by atoms with Crippen molar-refractivity contribution in [2.75, 3.05) is 13.2 Å². The Morgan fingerprint density at radius 1 is 0.418 bits per heavy atom. The SMILES string of the molecule is CCCCCCCCCCCCCCCCCC/C=C/C(O)C(CO)NC(=O)CCCCCCCCC/C=C\C/C=C\CCCCCOC(=O)CCCCCCCCCCCCCCCCC. The first kappa shape index (κ1) is 65.1. The zero-order valence-electron chi connectivity index (χ0n) is 44.9. The number of aliphatic hydroxyl groups is 2. The van der Waals surface area contributed by atoms with E-state index in [9.17, 15) is 19.8 Å². The van der Waals surface area contributed by atoms with Crippen LogP contribution in [0.2, 0.25) is 0 Å². The minimum Gasteiger partial charge on any atom is -0.466 e. The quantitative estimate of drug-likeness (QED) is 0.0321. The van der Waals surface area contributed by atoms with Crippen LogP contribution in [0.4, 0.5) is 0 Å². The summed E-state index contributed by atoms with van der Waals surface area (Å²) in [6.45, 7) is 4.88. The lowest BCUT2D eigenvalue weighted by atomic mass is 10.0. The Hall–Kier alpha value is -1.92. The molecule has 6 heteroatoms. The molecule has 1 amide bonds. The monoisotopic (exact) mass is 942 g/mol. The molecule has 0 radical (unpaired) electrons. The third-order valence-electron chi connectivity index (χ3n) is 13.7. The fourth-order valence-corrected chi connectivity index (χ4v) is 9.08. The molecule has 0 aromatic rings. The predicted octanol–water partition coefficient (Wildman–Crippen LogP) is 18.4. The number of unbranched alkanes of at least 4 members (excludes halogenated alkanes) is 40. The second kappa shape index (κ2) is 56.7. The van der Waals surface area contributed by atoms with Gasteiger partial charge in [-0.25, -0.2) is 0 Å². The smallest absolute Gasteiger partial charge is 0.305 e. The first-order valence-electron chi connectivity index (χ1n) is 29.8. The summed E-state index contributed by atoms with van der Waals surface area (Å²) in [6, 6.07) is -0.640. The number of esters is 1. The van der Waals surface area contributed by atoms with Gasteiger partial charge in [-0.2, -0.15) is 0 Å². The maximum Gasteiger partial charge on any atom is 0.305 e. The van der Waals surface area contributed by atoms with E-state index in [1.165, 1.54) is 205 Å². The molecular weight excluding hydrogens is 827 g/mol. The van der Waals surface area contributed by atoms with Crippen molar-refractivity contribution in [3.63, 3.8) is 0 Å². The number of carbonyl (C=O) groups excluding carboxylic acids is 2. The molecule has 0 rings (SSSR count). The highest BCUT2D eigenvalue weighted by Crippen LogP contribution is 2.17. The molecule has 0 heterocycles. The van der Waals surface area contributed by atoms with Crippen LogP contribution >= 0.6 is 0 Å². The van der Waals surface area contributed by atoms with Crippen molar-refractivity contribution in [2.45, 2.75) is 328 Å². The molecule has 0 fully saturated rings. The highest BCUT2D eigenvalue weighted by Gasteiger charge is 2.18. The van der Waals surface area contributed by atoms with Gasteiger partial charge in [0.2, 0.25) is 5.91 Å². The van der Waals surface area contributed by atoms with Gasteiger partial charge in [-0.3, -0.25) is 9.59 Å². The van der Waals surface area contributed by atoms with Gasteiger partial charge in [-0.05, 0) is 70.6 Å². The molecule has 0 saturated carbocycles. The summed E-state index contributed by atoms with van der Waals surface area (Å²) in [5, 5.41) is 23.1. The van der Waals surface area contributed by atoms with E-state index in [0.29, 0.717) is 19.4 Å². The second-order valence-corrected chi connectivity index (χ2v) is 20.3. The summed E-state index contributed by atoms with van der Waals surface area (Å²) in [5.41, 5.74) is 0. The molecule has 0 bridgehead atoms. The molecule has 0 aromatic carbocycles. The first-order valence-corrected chi connectivity index (χ1v) is 29.8. The number of amides is 1. The Labute approximate surface area is 417 Å². The molecular formula is C61H115NO5. The van der Waals surface area contributed by atoms with Crippen molar-refractivity contribution in [2.24, 2.45) is 0 Å². The van der Waals surface area contributed by atoms with Crippen LogP contribution in [0.3, 0.4) is 0 Å². The number of rotatable bonds is 55. The van der Waals surface area contributed by atoms with Crippen LogP contribution in [0.25, 0.3) is 0 Å². The van der Waals surface area contributed by atoms with E-state index < -0.39 is 12.1 Å². The van der Waals surface area contributed by atoms with E-state index >= 15 is 0 Å². The normalized spacial score (nSPS) is 12.8. The molecule has 2 unspecified atom stereocenters. The van der Waals surface area contributed by atoms with E-state index in [-0.39, 0.29) is 18.5 Å². The molecule has 0 aliphatic rings. The lowest BCUT2D eigenvalue weighted by Crippen LogP contribution is -2.45. The van der Waals surface area contributed by atoms with Gasteiger partial charge >= 0.3 is 5.97 Å². The van der Waals surface area contributed by atoms with Gasteiger partial charge < -0.3 is 20.3 Å². The predicted molar refractivity (Wildman–Crippen MR) is 292 cm³/mol. The summed E-state index contributed by atoms with van der Waals surface area (Å²) in [7, 11) is 0. The summed E-state index contributed by atoms with van der Waals surface area (Å²) in [4.78, 5) is 24.5. The lowest BCUT2D eigenvalue weighted by Gasteiger charge is -2.20. The summed E-state index contributed by atoms with van der Waals surface area (Å²) < 4.78 is 5.46. The van der Waals surface area contributed by atoms with Crippen LogP contribution in [0, 0.1) is 0 Å². The van der Waals surface area contributed by atoms with Gasteiger partial charge in [-0.15, -0.1) is 0 Å². The Morgan fingerprint density at radius 2 is 0.746 bits per heavy atom. The fraction of sp³-hybridized carbons (Fsp3) is 0.869. The van der Waals surface area contributed by atoms with Crippen LogP contribution in [-0.2, 0) is 14.3 Å². The molecule has 394 valence electrons. The van der Waals surface area contributed by atoms with Crippen LogP contribution in [-0.4, -0.2) is 47.4 Å². The Balaban J connectivity index is 3.52. The van der Waals surface area contributed by atoms with Crippen molar-refractivity contribution in [3.05, 3.63) is 36.5 Å². The molecule has 67 heavy (non-hydrogen) atoms. The molecule has 0 spiro atoms. The van der Waals surface area contributed by atoms with Gasteiger partial charge in [0.15, 0.2) is 0 Å². The van der Waals surface area contributed by atoms with Crippen LogP contribution in [0.5, 0.6) is 0 Å². The molecule has 2 atom stereocenters. The van der Waals surface area contributed by atoms with Gasteiger partial charge in [0.05, 0.1) is 25.4 Å². The summed E-state index contributed by atoms with van der Waals surface area (Å²) >= 11 is 0. The van der Waals surface area contributed by atoms with Crippen molar-refractivity contribution < 1.29 is 24.5 Å². The van der Waals surface area contributed by atoms with E-state index in [0.717, 1.165) is 83.5 Å². The highest BCUT2D eigenvalue weighted by molar-refractivity contribution is 5.76. The van der Waals surface area contributed by atoms with E-state index in [4.69, 9.17) is 4.74 Å². The van der Waals surface area contributed by atoms with Gasteiger partial charge in [0.1, 0.15) is 0 Å². The summed E-state index contributed by atoms with van der Waals surface area (Å²) in [6.07, 6.45) is 70.3. The number of ether oxygens (including phenoxy) is 1. The largest absolute Gasteiger partial charge is 0.466 e. The fourth-order valence-electron chi connectivity index (χ4n) is 9.08. The van der Waals surface area contributed by atoms with E-state index in [1.807, 2.05) is 6.08 Å². The minimum absolute atomic E-state index is 0.0135. The Kier molecular flexibility index (Phi) is 55.0. The second-order valence-electron chi connectivity index (χ2n) is 20.3. The van der Waals surface area contributed by atoms with Crippen molar-refractivity contribution in [3.8, 4) is 0 Å². The number of hydrogen-bond donors (Lipinski definition) is 3. The average Bonchev–Trinajstić information content (AvgIpc) is 3.33. The topological polar surface area (TPSA) is 95.9 Å². The van der Waals surface area contributed by atoms with E-state index in [1.54, 1.807) is 6.08 Å². The van der Waals surface area contributed by atoms with E-state index in [2.05, 4.69) is 43.5 Å². The highest BCUT2D eigenvalue weighted by atomic mass is 16.5. The molecule has 0 aliphatic heterocycles. The third kappa shape index (κ3) is 53.3. The third-order valence-corrected chi connectivity index (χ3v) is 13.7. The molecule has 0 saturated heterocycles. The zero-order chi connectivity index (χ0) is 48.6. The molecule has 3 N–H and O–H groups in total. The van der Waals surface area contributed by atoms with Gasteiger partial charge in [0.25, 0.3) is 0 Å². The van der Waals surface area contributed by atoms with Crippen LogP contribution < -0.4 is 5.32 Å². The summed E-state index contributed by atoms with van der Waals surface area (Å²) in [5.74, 6) is -0.0959. The number of hydrogen-bond acceptors (Lipinski definition) is 5. The lowest BCUT2D eigenvalue weighted by molar-refractivity contribution is -0.143. The number of aliphatic hydroxyl groups excluding tert-OH is 2.